The van der Waals surface area contributed by atoms with Crippen molar-refractivity contribution in [1.82, 2.24) is 9.97 Å². The molecule has 0 N–H and O–H groups in total. The van der Waals surface area contributed by atoms with E-state index in [9.17, 15) is 4.39 Å². The molecule has 3 nitrogen and oxygen atoms in total. The van der Waals surface area contributed by atoms with E-state index in [1.165, 1.54) is 18.3 Å². The molecule has 16 heavy (non-hydrogen) atoms. The van der Waals surface area contributed by atoms with E-state index in [0.29, 0.717) is 17.4 Å². The zero-order valence-electron chi connectivity index (χ0n) is 8.23. The molecule has 2 aromatic rings. The second kappa shape index (κ2) is 4.90. The maximum absolute atomic E-state index is 12.5. The lowest BCUT2D eigenvalue weighted by molar-refractivity contribution is 0.304. The van der Waals surface area contributed by atoms with Gasteiger partial charge < -0.3 is 4.74 Å². The Bertz CT molecular complexity index is 476. The van der Waals surface area contributed by atoms with Crippen LogP contribution >= 0.6 is 11.6 Å². The molecule has 0 saturated carbocycles. The van der Waals surface area contributed by atoms with Crippen molar-refractivity contribution in [2.75, 3.05) is 0 Å². The van der Waals surface area contributed by atoms with Crippen LogP contribution in [-0.4, -0.2) is 9.97 Å². The van der Waals surface area contributed by atoms with Crippen molar-refractivity contribution in [1.29, 1.82) is 0 Å². The highest BCUT2D eigenvalue weighted by atomic mass is 35.5. The second-order valence-electron chi connectivity index (χ2n) is 3.07. The second-order valence-corrected chi connectivity index (χ2v) is 3.48. The molecule has 0 aliphatic carbocycles. The number of pyridine rings is 2. The van der Waals surface area contributed by atoms with Crippen molar-refractivity contribution < 1.29 is 9.13 Å². The van der Waals surface area contributed by atoms with E-state index in [2.05, 4.69) is 9.97 Å². The molecule has 5 heteroatoms. The predicted octanol–water partition coefficient (Wildman–Crippen LogP) is 2.85. The largest absolute Gasteiger partial charge is 0.487 e. The smallest absolute Gasteiger partial charge is 0.213 e. The van der Waals surface area contributed by atoms with Gasteiger partial charge in [-0.25, -0.2) is 4.98 Å². The van der Waals surface area contributed by atoms with Crippen molar-refractivity contribution in [3.05, 3.63) is 53.3 Å². The van der Waals surface area contributed by atoms with Crippen LogP contribution in [0.4, 0.5) is 4.39 Å². The molecule has 0 saturated heterocycles. The molecule has 2 heterocycles. The fraction of sp³-hybridized carbons (Fsp3) is 0.0909. The molecule has 2 rings (SSSR count). The summed E-state index contributed by atoms with van der Waals surface area (Å²) < 4.78 is 17.9. The zero-order valence-corrected chi connectivity index (χ0v) is 8.99. The highest BCUT2D eigenvalue weighted by molar-refractivity contribution is 6.31. The van der Waals surface area contributed by atoms with Crippen molar-refractivity contribution in [3.8, 4) is 5.75 Å². The fourth-order valence-electron chi connectivity index (χ4n) is 1.13. The summed E-state index contributed by atoms with van der Waals surface area (Å²) >= 11 is 5.90. The van der Waals surface area contributed by atoms with Gasteiger partial charge in [0.05, 0.1) is 11.2 Å². The average molecular weight is 239 g/mol. The van der Waals surface area contributed by atoms with E-state index >= 15 is 0 Å². The van der Waals surface area contributed by atoms with Gasteiger partial charge in [0.25, 0.3) is 0 Å². The molecule has 0 aliphatic heterocycles. The first-order valence-corrected chi connectivity index (χ1v) is 4.96. The van der Waals surface area contributed by atoms with E-state index in [-0.39, 0.29) is 0 Å². The van der Waals surface area contributed by atoms with Crippen molar-refractivity contribution >= 4 is 11.6 Å². The summed E-state index contributed by atoms with van der Waals surface area (Å²) in [5, 5.41) is 0.539. The van der Waals surface area contributed by atoms with Gasteiger partial charge in [0.2, 0.25) is 5.95 Å². The number of aromatic nitrogens is 2. The fourth-order valence-corrected chi connectivity index (χ4v) is 1.30. The third kappa shape index (κ3) is 2.67. The lowest BCUT2D eigenvalue weighted by atomic mass is 10.3. The third-order valence-electron chi connectivity index (χ3n) is 1.95. The molecule has 0 unspecified atom stereocenters. The molecule has 0 fully saturated rings. The van der Waals surface area contributed by atoms with Gasteiger partial charge in [0.1, 0.15) is 12.4 Å². The van der Waals surface area contributed by atoms with Crippen LogP contribution in [0.3, 0.4) is 0 Å². The normalized spacial score (nSPS) is 10.1. The number of nitrogens with zero attached hydrogens (tertiary/aromatic N) is 2. The molecule has 0 spiro atoms. The molecule has 82 valence electrons. The van der Waals surface area contributed by atoms with E-state index in [1.807, 2.05) is 0 Å². The van der Waals surface area contributed by atoms with E-state index < -0.39 is 5.95 Å². The Morgan fingerprint density at radius 3 is 2.81 bits per heavy atom. The van der Waals surface area contributed by atoms with Crippen LogP contribution in [0.15, 0.2) is 36.8 Å². The number of hydrogen-bond acceptors (Lipinski definition) is 3. The summed E-state index contributed by atoms with van der Waals surface area (Å²) in [4.78, 5) is 7.34. The van der Waals surface area contributed by atoms with Crippen LogP contribution in [0.2, 0.25) is 5.02 Å². The van der Waals surface area contributed by atoms with Gasteiger partial charge in [0, 0.05) is 18.0 Å². The predicted molar refractivity (Wildman–Crippen MR) is 57.8 cm³/mol. The van der Waals surface area contributed by atoms with Crippen molar-refractivity contribution in [2.45, 2.75) is 6.61 Å². The minimum absolute atomic E-state index is 0.300. The van der Waals surface area contributed by atoms with Crippen molar-refractivity contribution in [2.24, 2.45) is 0 Å². The molecule has 0 radical (unpaired) electrons. The number of hydrogen-bond donors (Lipinski definition) is 0. The molecule has 0 amide bonds. The summed E-state index contributed by atoms with van der Waals surface area (Å²) in [5.74, 6) is -0.0384. The maximum Gasteiger partial charge on any atom is 0.213 e. The van der Waals surface area contributed by atoms with Crippen LogP contribution in [0, 0.1) is 5.95 Å². The molecule has 0 aromatic carbocycles. The topological polar surface area (TPSA) is 35.0 Å². The van der Waals surface area contributed by atoms with Crippen molar-refractivity contribution in [3.63, 3.8) is 0 Å². The zero-order chi connectivity index (χ0) is 11.4. The van der Waals surface area contributed by atoms with Crippen LogP contribution in [-0.2, 0) is 6.61 Å². The first kappa shape index (κ1) is 10.8. The number of rotatable bonds is 3. The van der Waals surface area contributed by atoms with Gasteiger partial charge in [-0.2, -0.15) is 4.39 Å². The highest BCUT2D eigenvalue weighted by Crippen LogP contribution is 2.16. The Morgan fingerprint density at radius 2 is 2.12 bits per heavy atom. The number of halogens is 2. The lowest BCUT2D eigenvalue weighted by Gasteiger charge is -2.06. The first-order valence-electron chi connectivity index (χ1n) is 4.58. The Balaban J connectivity index is 2.02. The van der Waals surface area contributed by atoms with Gasteiger partial charge in [-0.3, -0.25) is 4.98 Å². The van der Waals surface area contributed by atoms with Crippen LogP contribution in [0.25, 0.3) is 0 Å². The van der Waals surface area contributed by atoms with E-state index in [4.69, 9.17) is 16.3 Å². The summed E-state index contributed by atoms with van der Waals surface area (Å²) in [6.45, 7) is 0.300. The molecule has 0 aliphatic rings. The first-order chi connectivity index (χ1) is 7.75. The molecule has 0 atom stereocenters. The van der Waals surface area contributed by atoms with E-state index in [0.717, 1.165) is 5.56 Å². The highest BCUT2D eigenvalue weighted by Gasteiger charge is 2.01. The Morgan fingerprint density at radius 1 is 1.25 bits per heavy atom. The summed E-state index contributed by atoms with van der Waals surface area (Å²) in [6, 6.07) is 4.51. The standard InChI is InChI=1S/C11H8ClFN2O/c12-10-6-14-4-3-8(10)7-16-9-1-2-11(13)15-5-9/h1-6H,7H2. The summed E-state index contributed by atoms with van der Waals surface area (Å²) in [5.41, 5.74) is 0.820. The maximum atomic E-state index is 12.5. The quantitative estimate of drug-likeness (QED) is 0.772. The SMILES string of the molecule is Fc1ccc(OCc2ccncc2Cl)cn1. The average Bonchev–Trinajstić information content (AvgIpc) is 2.30. The van der Waals surface area contributed by atoms with Crippen LogP contribution in [0.1, 0.15) is 5.56 Å². The summed E-state index contributed by atoms with van der Waals surface area (Å²) in [7, 11) is 0. The molecule has 2 aromatic heterocycles. The Kier molecular flexibility index (Phi) is 3.31. The minimum atomic E-state index is -0.533. The molecular weight excluding hydrogens is 231 g/mol. The summed E-state index contributed by atoms with van der Waals surface area (Å²) in [6.07, 6.45) is 4.50. The Hall–Kier alpha value is -1.68. The van der Waals surface area contributed by atoms with E-state index in [1.54, 1.807) is 18.5 Å². The monoisotopic (exact) mass is 238 g/mol. The molecule has 0 bridgehead atoms. The van der Waals surface area contributed by atoms with Gasteiger partial charge >= 0.3 is 0 Å². The lowest BCUT2D eigenvalue weighted by Crippen LogP contribution is -1.97. The minimum Gasteiger partial charge on any atom is -0.487 e. The number of ether oxygens (including phenoxy) is 1. The van der Waals surface area contributed by atoms with Gasteiger partial charge in [-0.1, -0.05) is 11.6 Å². The third-order valence-corrected chi connectivity index (χ3v) is 2.29. The van der Waals surface area contributed by atoms with Gasteiger partial charge in [-0.15, -0.1) is 0 Å². The van der Waals surface area contributed by atoms with Crippen LogP contribution < -0.4 is 4.74 Å². The molecular formula is C11H8ClFN2O. The van der Waals surface area contributed by atoms with Gasteiger partial charge in [0.15, 0.2) is 0 Å². The van der Waals surface area contributed by atoms with Gasteiger partial charge in [-0.05, 0) is 18.2 Å². The van der Waals surface area contributed by atoms with Crippen LogP contribution in [0.5, 0.6) is 5.75 Å². The Labute approximate surface area is 96.9 Å².